The number of nitrogens with zero attached hydrogens (tertiary/aromatic N) is 4. The fraction of sp³-hybridized carbons (Fsp3) is 0.550. The second-order valence-electron chi connectivity index (χ2n) is 7.54. The number of likely N-dealkylation sites (N-methyl/N-ethyl adjacent to an activating group) is 1. The standard InChI is InChI=1S/C20H26N4O2/c1-14(24-11-10-15-6-3-4-7-17(15)12-24)20(25)23(2)13-18-21-19(26-22-18)16-8-5-9-16/h3-4,6-7,14,16H,5,8-13H2,1-2H3/t14-/m1/s1. The maximum Gasteiger partial charge on any atom is 0.239 e. The van der Waals surface area contributed by atoms with Gasteiger partial charge in [0.2, 0.25) is 11.8 Å². The lowest BCUT2D eigenvalue weighted by Crippen LogP contribution is -2.47. The van der Waals surface area contributed by atoms with E-state index in [-0.39, 0.29) is 11.9 Å². The van der Waals surface area contributed by atoms with Gasteiger partial charge in [-0.25, -0.2) is 0 Å². The molecule has 1 fully saturated rings. The van der Waals surface area contributed by atoms with Crippen molar-refractivity contribution >= 4 is 5.91 Å². The predicted molar refractivity (Wildman–Crippen MR) is 97.4 cm³/mol. The average molecular weight is 354 g/mol. The molecule has 1 aliphatic heterocycles. The highest BCUT2D eigenvalue weighted by Crippen LogP contribution is 2.35. The van der Waals surface area contributed by atoms with Crippen molar-refractivity contribution < 1.29 is 9.32 Å². The molecule has 0 N–H and O–H groups in total. The minimum absolute atomic E-state index is 0.0966. The number of hydrogen-bond acceptors (Lipinski definition) is 5. The van der Waals surface area contributed by atoms with Crippen molar-refractivity contribution in [1.82, 2.24) is 19.9 Å². The molecule has 1 aromatic carbocycles. The monoisotopic (exact) mass is 354 g/mol. The Morgan fingerprint density at radius 2 is 2.12 bits per heavy atom. The molecule has 138 valence electrons. The normalized spacial score (nSPS) is 18.8. The second-order valence-corrected chi connectivity index (χ2v) is 7.54. The molecule has 0 spiro atoms. The number of carbonyl (C=O) groups is 1. The summed E-state index contributed by atoms with van der Waals surface area (Å²) in [4.78, 5) is 21.3. The highest BCUT2D eigenvalue weighted by Gasteiger charge is 2.29. The summed E-state index contributed by atoms with van der Waals surface area (Å²) in [6.45, 7) is 4.11. The first-order valence-electron chi connectivity index (χ1n) is 9.50. The molecule has 2 aromatic rings. The Labute approximate surface area is 154 Å². The van der Waals surface area contributed by atoms with Crippen molar-refractivity contribution in [3.05, 3.63) is 47.1 Å². The van der Waals surface area contributed by atoms with Gasteiger partial charge in [0.25, 0.3) is 0 Å². The fourth-order valence-corrected chi connectivity index (χ4v) is 3.77. The topological polar surface area (TPSA) is 62.5 Å². The molecule has 6 heteroatoms. The van der Waals surface area contributed by atoms with E-state index >= 15 is 0 Å². The third-order valence-corrected chi connectivity index (χ3v) is 5.76. The number of amides is 1. The zero-order chi connectivity index (χ0) is 18.1. The van der Waals surface area contributed by atoms with Crippen molar-refractivity contribution in [2.75, 3.05) is 13.6 Å². The first-order chi connectivity index (χ1) is 12.6. The molecule has 0 bridgehead atoms. The molecule has 4 rings (SSSR count). The van der Waals surface area contributed by atoms with Crippen LogP contribution in [0.2, 0.25) is 0 Å². The zero-order valence-corrected chi connectivity index (χ0v) is 15.5. The van der Waals surface area contributed by atoms with Crippen LogP contribution in [0, 0.1) is 0 Å². The number of carbonyl (C=O) groups excluding carboxylic acids is 1. The zero-order valence-electron chi connectivity index (χ0n) is 15.5. The summed E-state index contributed by atoms with van der Waals surface area (Å²) in [5.74, 6) is 1.84. The number of fused-ring (bicyclic) bond motifs is 1. The second kappa shape index (κ2) is 7.19. The minimum atomic E-state index is -0.161. The third kappa shape index (κ3) is 3.38. The lowest BCUT2D eigenvalue weighted by atomic mass is 9.85. The van der Waals surface area contributed by atoms with Crippen LogP contribution in [-0.2, 0) is 24.3 Å². The van der Waals surface area contributed by atoms with E-state index < -0.39 is 0 Å². The van der Waals surface area contributed by atoms with E-state index in [4.69, 9.17) is 4.52 Å². The molecule has 2 heterocycles. The van der Waals surface area contributed by atoms with Gasteiger partial charge in [0, 0.05) is 26.1 Å². The first kappa shape index (κ1) is 17.2. The molecule has 1 aliphatic carbocycles. The Morgan fingerprint density at radius 3 is 2.85 bits per heavy atom. The van der Waals surface area contributed by atoms with Crippen molar-refractivity contribution in [2.24, 2.45) is 0 Å². The van der Waals surface area contributed by atoms with Crippen LogP contribution in [0.25, 0.3) is 0 Å². The van der Waals surface area contributed by atoms with E-state index in [1.54, 1.807) is 4.90 Å². The molecule has 26 heavy (non-hydrogen) atoms. The van der Waals surface area contributed by atoms with E-state index in [0.29, 0.717) is 18.3 Å². The molecule has 6 nitrogen and oxygen atoms in total. The van der Waals surface area contributed by atoms with Crippen LogP contribution in [0.1, 0.15) is 54.9 Å². The van der Waals surface area contributed by atoms with Gasteiger partial charge in [0.05, 0.1) is 12.6 Å². The lowest BCUT2D eigenvalue weighted by Gasteiger charge is -2.34. The SMILES string of the molecule is C[C@H](C(=O)N(C)Cc1noc(C2CCC2)n1)N1CCc2ccccc2C1. The Bertz CT molecular complexity index is 784. The van der Waals surface area contributed by atoms with Crippen molar-refractivity contribution in [2.45, 2.75) is 57.7 Å². The van der Waals surface area contributed by atoms with E-state index in [0.717, 1.165) is 38.2 Å². The summed E-state index contributed by atoms with van der Waals surface area (Å²) < 4.78 is 5.36. The summed E-state index contributed by atoms with van der Waals surface area (Å²) in [5.41, 5.74) is 2.72. The largest absolute Gasteiger partial charge is 0.339 e. The number of benzene rings is 1. The van der Waals surface area contributed by atoms with Gasteiger partial charge in [-0.3, -0.25) is 9.69 Å². The van der Waals surface area contributed by atoms with Crippen LogP contribution >= 0.6 is 0 Å². The van der Waals surface area contributed by atoms with Gasteiger partial charge in [-0.15, -0.1) is 0 Å². The Morgan fingerprint density at radius 1 is 1.35 bits per heavy atom. The van der Waals surface area contributed by atoms with E-state index in [9.17, 15) is 4.79 Å². The van der Waals surface area contributed by atoms with Crippen molar-refractivity contribution in [1.29, 1.82) is 0 Å². The van der Waals surface area contributed by atoms with Gasteiger partial charge in [0.1, 0.15) is 0 Å². The predicted octanol–water partition coefficient (Wildman–Crippen LogP) is 2.74. The lowest BCUT2D eigenvalue weighted by molar-refractivity contribution is -0.136. The molecule has 1 amide bonds. The quantitative estimate of drug-likeness (QED) is 0.826. The van der Waals surface area contributed by atoms with E-state index in [2.05, 4.69) is 39.3 Å². The Hall–Kier alpha value is -2.21. The van der Waals surface area contributed by atoms with E-state index in [1.807, 2.05) is 14.0 Å². The summed E-state index contributed by atoms with van der Waals surface area (Å²) in [6.07, 6.45) is 4.48. The molecule has 1 aromatic heterocycles. The number of rotatable bonds is 5. The summed E-state index contributed by atoms with van der Waals surface area (Å²) in [6, 6.07) is 8.33. The van der Waals surface area contributed by atoms with Gasteiger partial charge in [-0.1, -0.05) is 35.8 Å². The van der Waals surface area contributed by atoms with Crippen molar-refractivity contribution in [3.8, 4) is 0 Å². The first-order valence-corrected chi connectivity index (χ1v) is 9.50. The van der Waals surface area contributed by atoms with Crippen LogP contribution in [-0.4, -0.2) is 45.5 Å². The maximum absolute atomic E-state index is 12.9. The molecule has 2 aliphatic rings. The molecule has 0 saturated heterocycles. The van der Waals surface area contributed by atoms with Crippen LogP contribution in [0.5, 0.6) is 0 Å². The van der Waals surface area contributed by atoms with E-state index in [1.165, 1.54) is 17.5 Å². The van der Waals surface area contributed by atoms with Crippen LogP contribution in [0.15, 0.2) is 28.8 Å². The van der Waals surface area contributed by atoms with Crippen LogP contribution < -0.4 is 0 Å². The molecule has 1 atom stereocenters. The average Bonchev–Trinajstić information content (AvgIpc) is 3.06. The fourth-order valence-electron chi connectivity index (χ4n) is 3.77. The van der Waals surface area contributed by atoms with Gasteiger partial charge >= 0.3 is 0 Å². The summed E-state index contributed by atoms with van der Waals surface area (Å²) >= 11 is 0. The number of aromatic nitrogens is 2. The summed E-state index contributed by atoms with van der Waals surface area (Å²) in [7, 11) is 1.82. The molecule has 1 saturated carbocycles. The van der Waals surface area contributed by atoms with Crippen LogP contribution in [0.4, 0.5) is 0 Å². The molecular formula is C20H26N4O2. The van der Waals surface area contributed by atoms with Gasteiger partial charge in [-0.2, -0.15) is 4.98 Å². The smallest absolute Gasteiger partial charge is 0.239 e. The molecule has 0 radical (unpaired) electrons. The van der Waals surface area contributed by atoms with Gasteiger partial charge < -0.3 is 9.42 Å². The van der Waals surface area contributed by atoms with Crippen LogP contribution in [0.3, 0.4) is 0 Å². The van der Waals surface area contributed by atoms with Gasteiger partial charge in [-0.05, 0) is 37.3 Å². The minimum Gasteiger partial charge on any atom is -0.339 e. The Kier molecular flexibility index (Phi) is 4.76. The third-order valence-electron chi connectivity index (χ3n) is 5.76. The maximum atomic E-state index is 12.9. The number of hydrogen-bond donors (Lipinski definition) is 0. The van der Waals surface area contributed by atoms with Crippen molar-refractivity contribution in [3.63, 3.8) is 0 Å². The summed E-state index contributed by atoms with van der Waals surface area (Å²) in [5, 5.41) is 4.05. The molecular weight excluding hydrogens is 328 g/mol. The Balaban J connectivity index is 1.36. The highest BCUT2D eigenvalue weighted by atomic mass is 16.5. The van der Waals surface area contributed by atoms with Gasteiger partial charge in [0.15, 0.2) is 5.82 Å². The highest BCUT2D eigenvalue weighted by molar-refractivity contribution is 5.81. The molecule has 0 unspecified atom stereocenters.